The third-order valence-electron chi connectivity index (χ3n) is 6.20. The van der Waals surface area contributed by atoms with Crippen LogP contribution in [0.5, 0.6) is 0 Å². The van der Waals surface area contributed by atoms with Crippen molar-refractivity contribution in [1.29, 1.82) is 0 Å². The summed E-state index contributed by atoms with van der Waals surface area (Å²) < 4.78 is 7.34. The summed E-state index contributed by atoms with van der Waals surface area (Å²) in [7, 11) is 0. The summed E-state index contributed by atoms with van der Waals surface area (Å²) >= 11 is 0. The fourth-order valence-electron chi connectivity index (χ4n) is 4.23. The molecule has 2 fully saturated rings. The highest BCUT2D eigenvalue weighted by atomic mass is 16.5. The summed E-state index contributed by atoms with van der Waals surface area (Å²) in [5.74, 6) is 0.546. The molecule has 0 bridgehead atoms. The second kappa shape index (κ2) is 9.20. The lowest BCUT2D eigenvalue weighted by Crippen LogP contribution is -2.43. The first-order valence-electron chi connectivity index (χ1n) is 11.6. The number of hydrogen-bond acceptors (Lipinski definition) is 8. The van der Waals surface area contributed by atoms with Gasteiger partial charge in [0.2, 0.25) is 5.95 Å². The van der Waals surface area contributed by atoms with Crippen molar-refractivity contribution in [2.24, 2.45) is 0 Å². The van der Waals surface area contributed by atoms with Gasteiger partial charge in [0.25, 0.3) is 0 Å². The van der Waals surface area contributed by atoms with Gasteiger partial charge < -0.3 is 20.3 Å². The van der Waals surface area contributed by atoms with Gasteiger partial charge in [-0.05, 0) is 42.5 Å². The molecule has 0 saturated carbocycles. The SMILES string of the molecule is c1cncc(-c2nn(C3COC3)cc2-c2ccnc(Nc3ccc(N4CCNCC4)cc3)n2)c1. The summed E-state index contributed by atoms with van der Waals surface area (Å²) in [6.45, 7) is 5.44. The molecule has 2 saturated heterocycles. The van der Waals surface area contributed by atoms with Gasteiger partial charge >= 0.3 is 0 Å². The van der Waals surface area contributed by atoms with Gasteiger partial charge in [0.05, 0.1) is 24.9 Å². The maximum atomic E-state index is 5.37. The molecule has 0 amide bonds. The Morgan fingerprint density at radius 1 is 1.00 bits per heavy atom. The van der Waals surface area contributed by atoms with Crippen LogP contribution in [0.15, 0.2) is 67.3 Å². The Labute approximate surface area is 197 Å². The monoisotopic (exact) mass is 454 g/mol. The van der Waals surface area contributed by atoms with Crippen molar-refractivity contribution in [2.45, 2.75) is 6.04 Å². The molecule has 0 aliphatic carbocycles. The minimum atomic E-state index is 0.248. The van der Waals surface area contributed by atoms with Crippen LogP contribution >= 0.6 is 0 Å². The Bertz CT molecular complexity index is 1250. The molecule has 2 aliphatic rings. The van der Waals surface area contributed by atoms with Gasteiger partial charge in [-0.1, -0.05) is 0 Å². The normalized spacial score (nSPS) is 16.3. The molecule has 0 unspecified atom stereocenters. The van der Waals surface area contributed by atoms with Crippen molar-refractivity contribution < 1.29 is 4.74 Å². The van der Waals surface area contributed by atoms with Crippen LogP contribution in [-0.4, -0.2) is 64.1 Å². The number of rotatable bonds is 6. The van der Waals surface area contributed by atoms with E-state index in [-0.39, 0.29) is 6.04 Å². The molecule has 2 N–H and O–H groups in total. The second-order valence-electron chi connectivity index (χ2n) is 8.48. The summed E-state index contributed by atoms with van der Waals surface area (Å²) in [6, 6.07) is 14.5. The zero-order chi connectivity index (χ0) is 22.7. The smallest absolute Gasteiger partial charge is 0.227 e. The van der Waals surface area contributed by atoms with Crippen molar-refractivity contribution >= 4 is 17.3 Å². The van der Waals surface area contributed by atoms with Crippen LogP contribution in [0, 0.1) is 0 Å². The molecule has 2 aliphatic heterocycles. The number of nitrogens with zero attached hydrogens (tertiary/aromatic N) is 6. The lowest BCUT2D eigenvalue weighted by Gasteiger charge is -2.29. The predicted molar refractivity (Wildman–Crippen MR) is 131 cm³/mol. The van der Waals surface area contributed by atoms with E-state index >= 15 is 0 Å². The zero-order valence-corrected chi connectivity index (χ0v) is 18.8. The molecule has 34 heavy (non-hydrogen) atoms. The van der Waals surface area contributed by atoms with Crippen molar-refractivity contribution in [3.8, 4) is 22.5 Å². The predicted octanol–water partition coefficient (Wildman–Crippen LogP) is 3.13. The highest BCUT2D eigenvalue weighted by molar-refractivity contribution is 5.78. The van der Waals surface area contributed by atoms with Gasteiger partial charge in [0.15, 0.2) is 0 Å². The molecule has 0 spiro atoms. The van der Waals surface area contributed by atoms with Crippen LogP contribution in [0.1, 0.15) is 6.04 Å². The number of aromatic nitrogens is 5. The van der Waals surface area contributed by atoms with Crippen LogP contribution < -0.4 is 15.5 Å². The van der Waals surface area contributed by atoms with E-state index in [0.29, 0.717) is 19.2 Å². The van der Waals surface area contributed by atoms with Crippen molar-refractivity contribution in [1.82, 2.24) is 30.0 Å². The minimum Gasteiger partial charge on any atom is -0.377 e. The van der Waals surface area contributed by atoms with E-state index < -0.39 is 0 Å². The second-order valence-corrected chi connectivity index (χ2v) is 8.48. The Hall–Kier alpha value is -3.82. The van der Waals surface area contributed by atoms with E-state index in [2.05, 4.69) is 49.8 Å². The highest BCUT2D eigenvalue weighted by Gasteiger charge is 2.24. The number of nitrogens with one attached hydrogen (secondary N) is 2. The molecule has 0 radical (unpaired) electrons. The van der Waals surface area contributed by atoms with Crippen molar-refractivity contribution in [3.05, 3.63) is 67.3 Å². The molecule has 1 aromatic carbocycles. The largest absolute Gasteiger partial charge is 0.377 e. The van der Waals surface area contributed by atoms with Gasteiger partial charge in [-0.3, -0.25) is 9.67 Å². The molecule has 0 atom stereocenters. The molecule has 5 heterocycles. The molecular weight excluding hydrogens is 428 g/mol. The zero-order valence-electron chi connectivity index (χ0n) is 18.8. The summed E-state index contributed by atoms with van der Waals surface area (Å²) in [6.07, 6.45) is 7.41. The van der Waals surface area contributed by atoms with E-state index in [0.717, 1.165) is 54.4 Å². The maximum Gasteiger partial charge on any atom is 0.227 e. The van der Waals surface area contributed by atoms with E-state index in [9.17, 15) is 0 Å². The number of ether oxygens (including phenoxy) is 1. The van der Waals surface area contributed by atoms with Crippen LogP contribution in [0.4, 0.5) is 17.3 Å². The molecule has 9 heteroatoms. The van der Waals surface area contributed by atoms with Crippen LogP contribution in [0.2, 0.25) is 0 Å². The molecular formula is C25H26N8O. The van der Waals surface area contributed by atoms with E-state index in [4.69, 9.17) is 14.8 Å². The lowest BCUT2D eigenvalue weighted by molar-refractivity contribution is -0.0285. The van der Waals surface area contributed by atoms with E-state index in [1.807, 2.05) is 35.3 Å². The third-order valence-corrected chi connectivity index (χ3v) is 6.20. The Morgan fingerprint density at radius 2 is 1.85 bits per heavy atom. The van der Waals surface area contributed by atoms with Gasteiger partial charge in [0.1, 0.15) is 5.69 Å². The molecule has 4 aromatic rings. The molecule has 9 nitrogen and oxygen atoms in total. The fraction of sp³-hybridized carbons (Fsp3) is 0.280. The first kappa shape index (κ1) is 20.8. The third kappa shape index (κ3) is 4.23. The topological polar surface area (TPSA) is 93.0 Å². The Kier molecular flexibility index (Phi) is 5.62. The Morgan fingerprint density at radius 3 is 2.59 bits per heavy atom. The van der Waals surface area contributed by atoms with E-state index in [1.165, 1.54) is 5.69 Å². The summed E-state index contributed by atoms with van der Waals surface area (Å²) in [4.78, 5) is 15.9. The number of hydrogen-bond donors (Lipinski definition) is 2. The van der Waals surface area contributed by atoms with Gasteiger partial charge in [-0.15, -0.1) is 0 Å². The summed E-state index contributed by atoms with van der Waals surface area (Å²) in [5, 5.41) is 11.6. The first-order valence-corrected chi connectivity index (χ1v) is 11.6. The Balaban J connectivity index is 1.27. The van der Waals surface area contributed by atoms with Crippen molar-refractivity contribution in [3.63, 3.8) is 0 Å². The average molecular weight is 455 g/mol. The van der Waals surface area contributed by atoms with E-state index in [1.54, 1.807) is 12.4 Å². The number of pyridine rings is 1. The van der Waals surface area contributed by atoms with Gasteiger partial charge in [-0.25, -0.2) is 9.97 Å². The first-order chi connectivity index (χ1) is 16.8. The molecule has 172 valence electrons. The number of anilines is 3. The number of piperazine rings is 1. The highest BCUT2D eigenvalue weighted by Crippen LogP contribution is 2.32. The van der Waals surface area contributed by atoms with Crippen LogP contribution in [0.3, 0.4) is 0 Å². The fourth-order valence-corrected chi connectivity index (χ4v) is 4.23. The standard InChI is InChI=1S/C25H26N8O/c1-2-18(14-27-8-1)24-22(15-33(31-24)21-16-34-17-21)23-7-9-28-25(30-23)29-19-3-5-20(6-4-19)32-12-10-26-11-13-32/h1-9,14-15,21,26H,10-13,16-17H2,(H,28,29,30). The summed E-state index contributed by atoms with van der Waals surface area (Å²) in [5.41, 5.74) is 5.74. The average Bonchev–Trinajstić information content (AvgIpc) is 3.29. The minimum absolute atomic E-state index is 0.248. The van der Waals surface area contributed by atoms with Crippen molar-refractivity contribution in [2.75, 3.05) is 49.6 Å². The van der Waals surface area contributed by atoms with Crippen LogP contribution in [0.25, 0.3) is 22.5 Å². The van der Waals surface area contributed by atoms with Gasteiger partial charge in [0, 0.05) is 73.5 Å². The number of benzene rings is 1. The maximum absolute atomic E-state index is 5.37. The lowest BCUT2D eigenvalue weighted by atomic mass is 10.1. The quantitative estimate of drug-likeness (QED) is 0.459. The van der Waals surface area contributed by atoms with Crippen LogP contribution in [-0.2, 0) is 4.74 Å². The van der Waals surface area contributed by atoms with Gasteiger partial charge in [-0.2, -0.15) is 5.10 Å². The molecule has 6 rings (SSSR count). The molecule has 3 aromatic heterocycles.